The van der Waals surface area contributed by atoms with Gasteiger partial charge in [0.2, 0.25) is 0 Å². The number of hydrogen-bond acceptors (Lipinski definition) is 1. The van der Waals surface area contributed by atoms with Gasteiger partial charge in [-0.3, -0.25) is 0 Å². The highest BCUT2D eigenvalue weighted by atomic mass is 79.9. The van der Waals surface area contributed by atoms with E-state index in [-0.39, 0.29) is 5.82 Å². The molecule has 0 spiro atoms. The summed E-state index contributed by atoms with van der Waals surface area (Å²) in [4.78, 5) is 0. The number of ether oxygens (including phenoxy) is 1. The van der Waals surface area contributed by atoms with E-state index in [2.05, 4.69) is 22.9 Å². The molecule has 1 aromatic carbocycles. The van der Waals surface area contributed by atoms with Gasteiger partial charge in [-0.2, -0.15) is 0 Å². The fourth-order valence-electron chi connectivity index (χ4n) is 1.73. The van der Waals surface area contributed by atoms with E-state index in [9.17, 15) is 4.39 Å². The maximum atomic E-state index is 13.7. The number of alkyl halides is 1. The van der Waals surface area contributed by atoms with Crippen LogP contribution in [0.25, 0.3) is 0 Å². The predicted molar refractivity (Wildman–Crippen MR) is 73.0 cm³/mol. The van der Waals surface area contributed by atoms with Crippen LogP contribution < -0.4 is 0 Å². The lowest BCUT2D eigenvalue weighted by Gasteiger charge is -2.29. The van der Waals surface area contributed by atoms with Crippen LogP contribution in [0.1, 0.15) is 38.7 Å². The molecular formula is C14H20BrFO. The van der Waals surface area contributed by atoms with E-state index >= 15 is 0 Å². The molecule has 0 heterocycles. The van der Waals surface area contributed by atoms with Crippen LogP contribution >= 0.6 is 15.9 Å². The summed E-state index contributed by atoms with van der Waals surface area (Å²) < 4.78 is 19.6. The van der Waals surface area contributed by atoms with Crippen molar-refractivity contribution in [3.05, 3.63) is 35.6 Å². The molecule has 0 saturated carbocycles. The average molecular weight is 303 g/mol. The first-order valence-electron chi connectivity index (χ1n) is 6.09. The SMILES string of the molecule is CCCCCOC(C)(CBr)c1ccccc1F. The third-order valence-electron chi connectivity index (χ3n) is 2.87. The molecule has 3 heteroatoms. The molecule has 0 saturated heterocycles. The highest BCUT2D eigenvalue weighted by Crippen LogP contribution is 2.29. The van der Waals surface area contributed by atoms with E-state index < -0.39 is 5.60 Å². The Morgan fingerprint density at radius 2 is 2.00 bits per heavy atom. The largest absolute Gasteiger partial charge is 0.370 e. The highest BCUT2D eigenvalue weighted by molar-refractivity contribution is 9.09. The minimum Gasteiger partial charge on any atom is -0.370 e. The molecule has 0 radical (unpaired) electrons. The molecule has 1 nitrogen and oxygen atoms in total. The molecule has 1 rings (SSSR count). The molecule has 1 unspecified atom stereocenters. The first-order valence-corrected chi connectivity index (χ1v) is 7.21. The van der Waals surface area contributed by atoms with Crippen molar-refractivity contribution in [2.75, 3.05) is 11.9 Å². The Balaban J connectivity index is 2.71. The Morgan fingerprint density at radius 3 is 2.59 bits per heavy atom. The van der Waals surface area contributed by atoms with Gasteiger partial charge in [-0.1, -0.05) is 53.9 Å². The second-order valence-electron chi connectivity index (χ2n) is 4.40. The monoisotopic (exact) mass is 302 g/mol. The quantitative estimate of drug-likeness (QED) is 0.526. The fraction of sp³-hybridized carbons (Fsp3) is 0.571. The molecule has 96 valence electrons. The van der Waals surface area contributed by atoms with Crippen molar-refractivity contribution >= 4 is 15.9 Å². The van der Waals surface area contributed by atoms with Gasteiger partial charge in [-0.15, -0.1) is 0 Å². The lowest BCUT2D eigenvalue weighted by atomic mass is 9.97. The Bertz CT molecular complexity index is 343. The minimum absolute atomic E-state index is 0.204. The zero-order valence-corrected chi connectivity index (χ0v) is 12.1. The van der Waals surface area contributed by atoms with Gasteiger partial charge in [0.1, 0.15) is 11.4 Å². The lowest BCUT2D eigenvalue weighted by Crippen LogP contribution is -2.29. The summed E-state index contributed by atoms with van der Waals surface area (Å²) in [7, 11) is 0. The van der Waals surface area contributed by atoms with Gasteiger partial charge in [0, 0.05) is 17.5 Å². The molecule has 1 aromatic rings. The zero-order chi connectivity index (χ0) is 12.7. The van der Waals surface area contributed by atoms with Crippen molar-refractivity contribution in [3.8, 4) is 0 Å². The van der Waals surface area contributed by atoms with Crippen LogP contribution in [-0.4, -0.2) is 11.9 Å². The molecule has 1 atom stereocenters. The average Bonchev–Trinajstić information content (AvgIpc) is 2.35. The molecule has 0 bridgehead atoms. The van der Waals surface area contributed by atoms with Crippen molar-refractivity contribution in [1.29, 1.82) is 0 Å². The normalized spacial score (nSPS) is 14.6. The molecule has 0 aromatic heterocycles. The van der Waals surface area contributed by atoms with Crippen LogP contribution in [0.15, 0.2) is 24.3 Å². The summed E-state index contributed by atoms with van der Waals surface area (Å²) >= 11 is 3.42. The maximum absolute atomic E-state index is 13.7. The number of benzene rings is 1. The summed E-state index contributed by atoms with van der Waals surface area (Å²) in [5.41, 5.74) is 0.0346. The van der Waals surface area contributed by atoms with E-state index in [1.165, 1.54) is 6.07 Å². The first-order chi connectivity index (χ1) is 8.14. The van der Waals surface area contributed by atoms with Crippen LogP contribution in [0.3, 0.4) is 0 Å². The van der Waals surface area contributed by atoms with Gasteiger partial charge >= 0.3 is 0 Å². The van der Waals surface area contributed by atoms with Gasteiger partial charge < -0.3 is 4.74 Å². The van der Waals surface area contributed by atoms with Crippen LogP contribution in [0, 0.1) is 5.82 Å². The molecule has 0 aliphatic carbocycles. The van der Waals surface area contributed by atoms with E-state index in [1.807, 2.05) is 13.0 Å². The highest BCUT2D eigenvalue weighted by Gasteiger charge is 2.28. The Kier molecular flexibility index (Phi) is 6.14. The molecular weight excluding hydrogens is 283 g/mol. The topological polar surface area (TPSA) is 9.23 Å². The van der Waals surface area contributed by atoms with E-state index in [0.29, 0.717) is 17.5 Å². The first kappa shape index (κ1) is 14.7. The number of unbranched alkanes of at least 4 members (excludes halogenated alkanes) is 2. The van der Waals surface area contributed by atoms with Gasteiger partial charge in [0.25, 0.3) is 0 Å². The fourth-order valence-corrected chi connectivity index (χ4v) is 2.19. The number of halogens is 2. The van der Waals surface area contributed by atoms with Gasteiger partial charge in [0.05, 0.1) is 0 Å². The predicted octanol–water partition coefficient (Wildman–Crippen LogP) is 4.64. The summed E-state index contributed by atoms with van der Waals surface area (Å²) in [6, 6.07) is 6.81. The van der Waals surface area contributed by atoms with Crippen molar-refractivity contribution in [2.45, 2.75) is 38.7 Å². The standard InChI is InChI=1S/C14H20BrFO/c1-3-4-7-10-17-14(2,11-15)12-8-5-6-9-13(12)16/h5-6,8-9H,3-4,7,10-11H2,1-2H3. The Hall–Kier alpha value is -0.410. The van der Waals surface area contributed by atoms with Gasteiger partial charge in [0.15, 0.2) is 0 Å². The Morgan fingerprint density at radius 1 is 1.29 bits per heavy atom. The van der Waals surface area contributed by atoms with E-state index in [1.54, 1.807) is 12.1 Å². The maximum Gasteiger partial charge on any atom is 0.129 e. The number of hydrogen-bond donors (Lipinski definition) is 0. The summed E-state index contributed by atoms with van der Waals surface area (Å²) in [6.45, 7) is 4.75. The smallest absolute Gasteiger partial charge is 0.129 e. The molecule has 0 amide bonds. The van der Waals surface area contributed by atoms with E-state index in [0.717, 1.165) is 19.3 Å². The zero-order valence-electron chi connectivity index (χ0n) is 10.5. The molecule has 0 aliphatic heterocycles. The third kappa shape index (κ3) is 4.07. The molecule has 0 aliphatic rings. The van der Waals surface area contributed by atoms with Gasteiger partial charge in [-0.25, -0.2) is 4.39 Å². The minimum atomic E-state index is -0.584. The van der Waals surface area contributed by atoms with Crippen molar-refractivity contribution < 1.29 is 9.13 Å². The summed E-state index contributed by atoms with van der Waals surface area (Å²) in [5, 5.41) is 0.590. The van der Waals surface area contributed by atoms with Crippen LogP contribution in [0.2, 0.25) is 0 Å². The second-order valence-corrected chi connectivity index (χ2v) is 4.96. The second kappa shape index (κ2) is 7.12. The van der Waals surface area contributed by atoms with Crippen molar-refractivity contribution in [3.63, 3.8) is 0 Å². The van der Waals surface area contributed by atoms with Crippen LogP contribution in [-0.2, 0) is 10.3 Å². The number of rotatable bonds is 7. The van der Waals surface area contributed by atoms with Crippen LogP contribution in [0.4, 0.5) is 4.39 Å². The van der Waals surface area contributed by atoms with E-state index in [4.69, 9.17) is 4.74 Å². The summed E-state index contributed by atoms with van der Waals surface area (Å²) in [5.74, 6) is -0.204. The van der Waals surface area contributed by atoms with Crippen molar-refractivity contribution in [2.24, 2.45) is 0 Å². The molecule has 17 heavy (non-hydrogen) atoms. The molecule has 0 fully saturated rings. The third-order valence-corrected chi connectivity index (χ3v) is 3.94. The molecule has 0 N–H and O–H groups in total. The van der Waals surface area contributed by atoms with Crippen LogP contribution in [0.5, 0.6) is 0 Å². The van der Waals surface area contributed by atoms with Crippen molar-refractivity contribution in [1.82, 2.24) is 0 Å². The Labute approximate surface area is 111 Å². The summed E-state index contributed by atoms with van der Waals surface area (Å²) in [6.07, 6.45) is 3.33. The van der Waals surface area contributed by atoms with Gasteiger partial charge in [-0.05, 0) is 19.4 Å². The lowest BCUT2D eigenvalue weighted by molar-refractivity contribution is -0.0208.